The van der Waals surface area contributed by atoms with Crippen molar-refractivity contribution >= 4 is 28.9 Å². The summed E-state index contributed by atoms with van der Waals surface area (Å²) < 4.78 is 0. The van der Waals surface area contributed by atoms with Crippen LogP contribution in [0.4, 0.5) is 5.69 Å². The maximum atomic E-state index is 12.9. The van der Waals surface area contributed by atoms with Crippen molar-refractivity contribution in [3.8, 4) is 0 Å². The molecule has 2 aliphatic carbocycles. The molecule has 0 bridgehead atoms. The minimum atomic E-state index is -0.0775. The Balaban J connectivity index is 1.01. The smallest absolute Gasteiger partial charge is 0.225 e. The Morgan fingerprint density at radius 2 is 1.07 bits per heavy atom. The number of carbonyl (C=O) groups excluding carboxylic acids is 4. The summed E-state index contributed by atoms with van der Waals surface area (Å²) in [5.41, 5.74) is 4.69. The number of piperazine rings is 1. The van der Waals surface area contributed by atoms with Gasteiger partial charge in [-0.1, -0.05) is 48.5 Å². The van der Waals surface area contributed by atoms with Crippen LogP contribution in [0.2, 0.25) is 0 Å². The molecule has 0 aromatic heterocycles. The van der Waals surface area contributed by atoms with Gasteiger partial charge in [0.15, 0.2) is 11.6 Å². The molecule has 6 nitrogen and oxygen atoms in total. The third-order valence-corrected chi connectivity index (χ3v) is 8.28. The minimum Gasteiger partial charge on any atom is -0.368 e. The van der Waals surface area contributed by atoms with Gasteiger partial charge in [-0.05, 0) is 61.1 Å². The van der Waals surface area contributed by atoms with E-state index < -0.39 is 0 Å². The Morgan fingerprint density at radius 1 is 0.575 bits per heavy atom. The van der Waals surface area contributed by atoms with Crippen LogP contribution in [0.3, 0.4) is 0 Å². The van der Waals surface area contributed by atoms with E-state index in [4.69, 9.17) is 0 Å². The fourth-order valence-electron chi connectivity index (χ4n) is 5.38. The summed E-state index contributed by atoms with van der Waals surface area (Å²) in [5.74, 6) is 1.05. The predicted octanol–water partition coefficient (Wildman–Crippen LogP) is 4.92. The molecule has 3 aromatic rings. The first-order valence-corrected chi connectivity index (χ1v) is 14.4. The molecule has 2 saturated carbocycles. The average molecular weight is 535 g/mol. The standard InChI is InChI=1S/C34H34N2O4/c37-31(25-9-10-25)21-23-1-5-27(6-2-23)33(39)28-7-3-24(4-8-28)22-32(38)26-13-15-30(16-14-26)35-17-19-36(20-18-35)34(40)29-11-12-29/h1-8,13-16,25,29H,9-12,17-22H2. The predicted molar refractivity (Wildman–Crippen MR) is 154 cm³/mol. The van der Waals surface area contributed by atoms with Gasteiger partial charge in [0.1, 0.15) is 5.78 Å². The van der Waals surface area contributed by atoms with E-state index in [0.717, 1.165) is 68.7 Å². The monoisotopic (exact) mass is 534 g/mol. The second-order valence-corrected chi connectivity index (χ2v) is 11.4. The summed E-state index contributed by atoms with van der Waals surface area (Å²) in [6, 6.07) is 22.2. The van der Waals surface area contributed by atoms with E-state index in [1.54, 1.807) is 24.3 Å². The summed E-state index contributed by atoms with van der Waals surface area (Å²) >= 11 is 0. The van der Waals surface area contributed by atoms with Gasteiger partial charge in [-0.2, -0.15) is 0 Å². The van der Waals surface area contributed by atoms with E-state index in [0.29, 0.717) is 29.0 Å². The SMILES string of the molecule is O=C(Cc1ccc(C(=O)c2ccc(CC(=O)C3CC3)cc2)cc1)c1ccc(N2CCN(C(=O)C3CC3)CC2)cc1. The zero-order valence-corrected chi connectivity index (χ0v) is 22.7. The number of hydrogen-bond acceptors (Lipinski definition) is 5. The van der Waals surface area contributed by atoms with Gasteiger partial charge >= 0.3 is 0 Å². The van der Waals surface area contributed by atoms with Crippen molar-refractivity contribution in [2.45, 2.75) is 38.5 Å². The molecular formula is C34H34N2O4. The molecule has 3 aromatic carbocycles. The van der Waals surface area contributed by atoms with Crippen molar-refractivity contribution in [2.24, 2.45) is 11.8 Å². The van der Waals surface area contributed by atoms with E-state index in [1.165, 1.54) is 0 Å². The third kappa shape index (κ3) is 6.06. The molecule has 1 saturated heterocycles. The van der Waals surface area contributed by atoms with Crippen LogP contribution in [0.15, 0.2) is 72.8 Å². The minimum absolute atomic E-state index is 0.0295. The van der Waals surface area contributed by atoms with Crippen molar-refractivity contribution in [3.63, 3.8) is 0 Å². The van der Waals surface area contributed by atoms with Crippen molar-refractivity contribution in [1.82, 2.24) is 4.90 Å². The van der Waals surface area contributed by atoms with Gasteiger partial charge in [0.05, 0.1) is 0 Å². The molecule has 40 heavy (non-hydrogen) atoms. The average Bonchev–Trinajstić information content (AvgIpc) is 3.91. The van der Waals surface area contributed by atoms with Gasteiger partial charge < -0.3 is 9.80 Å². The van der Waals surface area contributed by atoms with Gasteiger partial charge in [0, 0.05) is 73.2 Å². The van der Waals surface area contributed by atoms with E-state index in [9.17, 15) is 19.2 Å². The lowest BCUT2D eigenvalue weighted by atomic mass is 9.97. The molecule has 1 amide bonds. The number of benzene rings is 3. The molecule has 6 heteroatoms. The number of carbonyl (C=O) groups is 4. The van der Waals surface area contributed by atoms with Crippen molar-refractivity contribution in [1.29, 1.82) is 0 Å². The van der Waals surface area contributed by atoms with Crippen molar-refractivity contribution in [3.05, 3.63) is 101 Å². The lowest BCUT2D eigenvalue weighted by Crippen LogP contribution is -2.49. The second kappa shape index (κ2) is 11.2. The first kappa shape index (κ1) is 26.2. The highest BCUT2D eigenvalue weighted by Gasteiger charge is 2.34. The van der Waals surface area contributed by atoms with Crippen LogP contribution in [0.1, 0.15) is 63.1 Å². The van der Waals surface area contributed by atoms with E-state index >= 15 is 0 Å². The molecular weight excluding hydrogens is 500 g/mol. The van der Waals surface area contributed by atoms with Crippen LogP contribution < -0.4 is 4.90 Å². The number of hydrogen-bond donors (Lipinski definition) is 0. The quantitative estimate of drug-likeness (QED) is 0.345. The number of ketones is 3. The second-order valence-electron chi connectivity index (χ2n) is 11.4. The van der Waals surface area contributed by atoms with Crippen LogP contribution in [0.25, 0.3) is 0 Å². The summed E-state index contributed by atoms with van der Waals surface area (Å²) in [5, 5.41) is 0. The molecule has 3 aliphatic rings. The van der Waals surface area contributed by atoms with E-state index in [-0.39, 0.29) is 35.6 Å². The highest BCUT2D eigenvalue weighted by atomic mass is 16.2. The van der Waals surface area contributed by atoms with Gasteiger partial charge in [-0.15, -0.1) is 0 Å². The van der Waals surface area contributed by atoms with Gasteiger partial charge in [0.25, 0.3) is 0 Å². The molecule has 1 heterocycles. The fraction of sp³-hybridized carbons (Fsp3) is 0.353. The summed E-state index contributed by atoms with van der Waals surface area (Å²) in [4.78, 5) is 54.5. The Kier molecular flexibility index (Phi) is 7.33. The topological polar surface area (TPSA) is 74.8 Å². The Bertz CT molecular complexity index is 1410. The zero-order valence-electron chi connectivity index (χ0n) is 22.7. The molecule has 1 aliphatic heterocycles. The lowest BCUT2D eigenvalue weighted by Gasteiger charge is -2.36. The van der Waals surface area contributed by atoms with Crippen LogP contribution in [0, 0.1) is 11.8 Å². The van der Waals surface area contributed by atoms with Crippen LogP contribution in [0.5, 0.6) is 0 Å². The zero-order chi connectivity index (χ0) is 27.6. The van der Waals surface area contributed by atoms with E-state index in [2.05, 4.69) is 4.90 Å². The first-order chi connectivity index (χ1) is 19.4. The molecule has 0 unspecified atom stereocenters. The van der Waals surface area contributed by atoms with Gasteiger partial charge in [0.2, 0.25) is 5.91 Å². The Hall–Kier alpha value is -4.06. The number of nitrogens with zero attached hydrogens (tertiary/aromatic N) is 2. The molecule has 204 valence electrons. The summed E-state index contributed by atoms with van der Waals surface area (Å²) in [7, 11) is 0. The third-order valence-electron chi connectivity index (χ3n) is 8.28. The molecule has 6 rings (SSSR count). The maximum Gasteiger partial charge on any atom is 0.225 e. The van der Waals surface area contributed by atoms with Gasteiger partial charge in [-0.25, -0.2) is 0 Å². The summed E-state index contributed by atoms with van der Waals surface area (Å²) in [6.07, 6.45) is 4.79. The van der Waals surface area contributed by atoms with Crippen molar-refractivity contribution < 1.29 is 19.2 Å². The molecule has 3 fully saturated rings. The van der Waals surface area contributed by atoms with Crippen molar-refractivity contribution in [2.75, 3.05) is 31.1 Å². The number of Topliss-reactive ketones (excluding diaryl/α,β-unsaturated/α-hetero) is 2. The normalized spacial score (nSPS) is 17.0. The Labute approximate surface area is 235 Å². The lowest BCUT2D eigenvalue weighted by molar-refractivity contribution is -0.132. The number of amides is 1. The highest BCUT2D eigenvalue weighted by molar-refractivity contribution is 6.09. The largest absolute Gasteiger partial charge is 0.368 e. The van der Waals surface area contributed by atoms with Crippen LogP contribution >= 0.6 is 0 Å². The highest BCUT2D eigenvalue weighted by Crippen LogP contribution is 2.32. The number of rotatable bonds is 10. The molecule has 0 spiro atoms. The number of anilines is 1. The molecule has 0 N–H and O–H groups in total. The van der Waals surface area contributed by atoms with Crippen LogP contribution in [-0.4, -0.2) is 54.3 Å². The maximum absolute atomic E-state index is 12.9. The summed E-state index contributed by atoms with van der Waals surface area (Å²) in [6.45, 7) is 3.12. The molecule has 0 atom stereocenters. The van der Waals surface area contributed by atoms with Gasteiger partial charge in [-0.3, -0.25) is 19.2 Å². The molecule has 0 radical (unpaired) electrons. The van der Waals surface area contributed by atoms with Crippen LogP contribution in [-0.2, 0) is 22.4 Å². The van der Waals surface area contributed by atoms with E-state index in [1.807, 2.05) is 53.4 Å². The fourth-order valence-corrected chi connectivity index (χ4v) is 5.38. The first-order valence-electron chi connectivity index (χ1n) is 14.4. The Morgan fingerprint density at radius 3 is 1.60 bits per heavy atom.